The summed E-state index contributed by atoms with van der Waals surface area (Å²) in [5, 5.41) is 6.12. The SMILES string of the molecule is CC(C)C(=O)CCOCCNC(=O)C12CC3CC(C1)CC(C(=O)NCCOCCC(=O)C(C)C)(C3)C2. The van der Waals surface area contributed by atoms with E-state index in [4.69, 9.17) is 9.47 Å². The van der Waals surface area contributed by atoms with Crippen molar-refractivity contribution in [2.75, 3.05) is 39.5 Å². The van der Waals surface area contributed by atoms with Gasteiger partial charge in [-0.25, -0.2) is 0 Å². The molecule has 0 heterocycles. The summed E-state index contributed by atoms with van der Waals surface area (Å²) in [6.07, 6.45) is 5.97. The van der Waals surface area contributed by atoms with Crippen LogP contribution in [-0.2, 0) is 28.7 Å². The van der Waals surface area contributed by atoms with E-state index in [2.05, 4.69) is 10.6 Å². The molecule has 0 saturated heterocycles. The number of nitrogens with one attached hydrogen (secondary N) is 2. The number of amides is 2. The maximum Gasteiger partial charge on any atom is 0.226 e. The Labute approximate surface area is 216 Å². The number of rotatable bonds is 16. The Kier molecular flexibility index (Phi) is 10.1. The van der Waals surface area contributed by atoms with E-state index < -0.39 is 10.8 Å². The monoisotopic (exact) mass is 506 g/mol. The molecule has 4 bridgehead atoms. The molecule has 0 atom stereocenters. The fraction of sp³-hybridized carbons (Fsp3) is 0.857. The summed E-state index contributed by atoms with van der Waals surface area (Å²) in [7, 11) is 0. The molecule has 204 valence electrons. The molecule has 4 fully saturated rings. The van der Waals surface area contributed by atoms with Crippen molar-refractivity contribution in [1.82, 2.24) is 10.6 Å². The van der Waals surface area contributed by atoms with Gasteiger partial charge in [0, 0.05) is 37.8 Å². The zero-order chi connectivity index (χ0) is 26.3. The van der Waals surface area contributed by atoms with Gasteiger partial charge in [-0.05, 0) is 50.4 Å². The van der Waals surface area contributed by atoms with E-state index in [-0.39, 0.29) is 35.2 Å². The number of carbonyl (C=O) groups is 4. The van der Waals surface area contributed by atoms with E-state index >= 15 is 0 Å². The summed E-state index contributed by atoms with van der Waals surface area (Å²) >= 11 is 0. The van der Waals surface area contributed by atoms with Gasteiger partial charge >= 0.3 is 0 Å². The van der Waals surface area contributed by atoms with Gasteiger partial charge in [-0.3, -0.25) is 19.2 Å². The number of ether oxygens (including phenoxy) is 2. The lowest BCUT2D eigenvalue weighted by Gasteiger charge is -2.60. The average molecular weight is 507 g/mol. The van der Waals surface area contributed by atoms with Gasteiger partial charge in [0.15, 0.2) is 0 Å². The second kappa shape index (κ2) is 12.6. The minimum Gasteiger partial charge on any atom is -0.379 e. The van der Waals surface area contributed by atoms with E-state index in [0.717, 1.165) is 32.1 Å². The van der Waals surface area contributed by atoms with Crippen LogP contribution in [0, 0.1) is 34.5 Å². The van der Waals surface area contributed by atoms with E-state index in [0.29, 0.717) is 70.6 Å². The van der Waals surface area contributed by atoms with Crippen LogP contribution in [0.15, 0.2) is 0 Å². The molecule has 4 aliphatic rings. The molecule has 0 aromatic carbocycles. The van der Waals surface area contributed by atoms with Gasteiger partial charge in [0.25, 0.3) is 0 Å². The lowest BCUT2D eigenvalue weighted by atomic mass is 9.43. The van der Waals surface area contributed by atoms with Crippen LogP contribution < -0.4 is 10.6 Å². The minimum absolute atomic E-state index is 0.0156. The largest absolute Gasteiger partial charge is 0.379 e. The van der Waals surface area contributed by atoms with Gasteiger partial charge in [-0.15, -0.1) is 0 Å². The van der Waals surface area contributed by atoms with E-state index in [9.17, 15) is 19.2 Å². The molecule has 4 aliphatic carbocycles. The highest BCUT2D eigenvalue weighted by molar-refractivity contribution is 5.88. The van der Waals surface area contributed by atoms with Gasteiger partial charge in [-0.2, -0.15) is 0 Å². The van der Waals surface area contributed by atoms with Crippen molar-refractivity contribution in [2.45, 2.75) is 79.1 Å². The number of Topliss-reactive ketones (excluding diaryl/α,β-unsaturated/α-hetero) is 2. The molecule has 0 aliphatic heterocycles. The van der Waals surface area contributed by atoms with Crippen molar-refractivity contribution in [3.8, 4) is 0 Å². The van der Waals surface area contributed by atoms with Gasteiger partial charge in [0.2, 0.25) is 11.8 Å². The van der Waals surface area contributed by atoms with Crippen LogP contribution in [0.3, 0.4) is 0 Å². The zero-order valence-corrected chi connectivity index (χ0v) is 22.7. The third-order valence-corrected chi connectivity index (χ3v) is 8.36. The van der Waals surface area contributed by atoms with E-state index in [1.807, 2.05) is 27.7 Å². The molecule has 4 saturated carbocycles. The van der Waals surface area contributed by atoms with E-state index in [1.165, 1.54) is 0 Å². The predicted octanol–water partition coefficient (Wildman–Crippen LogP) is 3.07. The Morgan fingerprint density at radius 1 is 0.694 bits per heavy atom. The number of hydrogen-bond donors (Lipinski definition) is 2. The second-order valence-corrected chi connectivity index (χ2v) is 12.0. The summed E-state index contributed by atoms with van der Waals surface area (Å²) in [5.41, 5.74) is -0.939. The average Bonchev–Trinajstić information content (AvgIpc) is 2.81. The molecule has 2 amide bonds. The first-order chi connectivity index (χ1) is 17.1. The molecule has 0 aromatic heterocycles. The Hall–Kier alpha value is -1.80. The molecular weight excluding hydrogens is 460 g/mol. The summed E-state index contributed by atoms with van der Waals surface area (Å²) < 4.78 is 11.1. The first-order valence-corrected chi connectivity index (χ1v) is 13.8. The Balaban J connectivity index is 1.43. The van der Waals surface area contributed by atoms with Gasteiger partial charge in [0.05, 0.1) is 37.3 Å². The van der Waals surface area contributed by atoms with Crippen LogP contribution in [-0.4, -0.2) is 62.9 Å². The molecule has 8 heteroatoms. The van der Waals surface area contributed by atoms with Crippen molar-refractivity contribution in [3.05, 3.63) is 0 Å². The third-order valence-electron chi connectivity index (χ3n) is 8.36. The fourth-order valence-electron chi connectivity index (χ4n) is 6.77. The van der Waals surface area contributed by atoms with Crippen LogP contribution >= 0.6 is 0 Å². The van der Waals surface area contributed by atoms with Crippen molar-refractivity contribution >= 4 is 23.4 Å². The lowest BCUT2D eigenvalue weighted by Crippen LogP contribution is -2.61. The molecule has 36 heavy (non-hydrogen) atoms. The maximum atomic E-state index is 13.3. The first kappa shape index (κ1) is 28.8. The van der Waals surface area contributed by atoms with Crippen molar-refractivity contribution < 1.29 is 28.7 Å². The van der Waals surface area contributed by atoms with Crippen LogP contribution in [0.4, 0.5) is 0 Å². The number of carbonyl (C=O) groups excluding carboxylic acids is 4. The van der Waals surface area contributed by atoms with E-state index in [1.54, 1.807) is 0 Å². The summed E-state index contributed by atoms with van der Waals surface area (Å²) in [6.45, 7) is 9.89. The Bertz CT molecular complexity index is 732. The molecule has 4 rings (SSSR count). The third kappa shape index (κ3) is 7.15. The Morgan fingerprint density at radius 3 is 1.44 bits per heavy atom. The molecule has 0 spiro atoms. The number of ketones is 2. The van der Waals surface area contributed by atoms with Crippen molar-refractivity contribution in [2.24, 2.45) is 34.5 Å². The van der Waals surface area contributed by atoms with Gasteiger partial charge in [0.1, 0.15) is 11.6 Å². The topological polar surface area (TPSA) is 111 Å². The zero-order valence-electron chi connectivity index (χ0n) is 22.7. The van der Waals surface area contributed by atoms with Crippen LogP contribution in [0.2, 0.25) is 0 Å². The minimum atomic E-state index is -0.470. The normalized spacial score (nSPS) is 28.5. The standard InChI is InChI=1S/C28H46N2O6/c1-19(2)23(31)5-9-35-11-7-29-25(33)27-14-21-13-22(15-27)17-28(16-21,18-27)26(34)30-8-12-36-10-6-24(32)20(3)4/h19-22H,5-18H2,1-4H3,(H,29,33)(H,30,34). The van der Waals surface area contributed by atoms with Gasteiger partial charge in [-0.1, -0.05) is 27.7 Å². The molecule has 0 aromatic rings. The quantitative estimate of drug-likeness (QED) is 0.311. The number of hydrogen-bond acceptors (Lipinski definition) is 6. The van der Waals surface area contributed by atoms with Crippen LogP contribution in [0.5, 0.6) is 0 Å². The molecule has 0 radical (unpaired) electrons. The second-order valence-electron chi connectivity index (χ2n) is 12.0. The summed E-state index contributed by atoms with van der Waals surface area (Å²) in [5.74, 6) is 1.33. The predicted molar refractivity (Wildman–Crippen MR) is 136 cm³/mol. The lowest BCUT2D eigenvalue weighted by molar-refractivity contribution is -0.167. The highest BCUT2D eigenvalue weighted by Gasteiger charge is 2.62. The van der Waals surface area contributed by atoms with Crippen molar-refractivity contribution in [3.63, 3.8) is 0 Å². The highest BCUT2D eigenvalue weighted by Crippen LogP contribution is 2.65. The highest BCUT2D eigenvalue weighted by atomic mass is 16.5. The molecule has 2 N–H and O–H groups in total. The van der Waals surface area contributed by atoms with Crippen LogP contribution in [0.25, 0.3) is 0 Å². The maximum absolute atomic E-state index is 13.3. The van der Waals surface area contributed by atoms with Crippen molar-refractivity contribution in [1.29, 1.82) is 0 Å². The molecule has 8 nitrogen and oxygen atoms in total. The Morgan fingerprint density at radius 2 is 1.08 bits per heavy atom. The first-order valence-electron chi connectivity index (χ1n) is 13.8. The summed E-state index contributed by atoms with van der Waals surface area (Å²) in [6, 6.07) is 0. The summed E-state index contributed by atoms with van der Waals surface area (Å²) in [4.78, 5) is 50.0. The van der Waals surface area contributed by atoms with Crippen LogP contribution in [0.1, 0.15) is 79.1 Å². The molecular formula is C28H46N2O6. The fourth-order valence-corrected chi connectivity index (χ4v) is 6.77. The van der Waals surface area contributed by atoms with Gasteiger partial charge < -0.3 is 20.1 Å². The smallest absolute Gasteiger partial charge is 0.226 e. The molecule has 0 unspecified atom stereocenters.